The van der Waals surface area contributed by atoms with Gasteiger partial charge in [0.2, 0.25) is 5.76 Å². The number of furan rings is 1. The minimum absolute atomic E-state index is 0.00782. The van der Waals surface area contributed by atoms with Crippen molar-refractivity contribution in [3.05, 3.63) is 99.5 Å². The van der Waals surface area contributed by atoms with Crippen LogP contribution in [0.15, 0.2) is 59.0 Å². The Bertz CT molecular complexity index is 1130. The first-order valence-electron chi connectivity index (χ1n) is 10.8. The van der Waals surface area contributed by atoms with E-state index in [9.17, 15) is 10.2 Å². The molecule has 0 saturated heterocycles. The van der Waals surface area contributed by atoms with Gasteiger partial charge in [-0.1, -0.05) is 35.4 Å². The number of benzene rings is 2. The summed E-state index contributed by atoms with van der Waals surface area (Å²) in [4.78, 5) is 4.03. The Hall–Kier alpha value is -3.44. The van der Waals surface area contributed by atoms with Crippen LogP contribution in [0.4, 0.5) is 11.4 Å². The standard InChI is InChI=1S/C27H30N2O3/c1-16-11-18(3)24(19(4)12-16)28-9-10-29(25-20(5)13-17(2)14-21(25)6)27(28)26(31)23-8-7-22(15-30)32-23/h7-14,30-31H,15H2,1-6H3. The van der Waals surface area contributed by atoms with Crippen LogP contribution in [0.5, 0.6) is 0 Å². The van der Waals surface area contributed by atoms with Gasteiger partial charge in [0.25, 0.3) is 0 Å². The highest BCUT2D eigenvalue weighted by atomic mass is 16.4. The minimum Gasteiger partial charge on any atom is -0.502 e. The molecule has 1 aliphatic heterocycles. The second kappa shape index (κ2) is 8.24. The molecule has 2 heterocycles. The molecule has 3 aromatic rings. The molecule has 1 aromatic heterocycles. The largest absolute Gasteiger partial charge is 0.502 e. The van der Waals surface area contributed by atoms with E-state index in [0.717, 1.165) is 33.6 Å². The molecule has 0 fully saturated rings. The van der Waals surface area contributed by atoms with Crippen LogP contribution in [-0.2, 0) is 6.61 Å². The first-order chi connectivity index (χ1) is 15.2. The Labute approximate surface area is 189 Å². The van der Waals surface area contributed by atoms with Gasteiger partial charge in [0.15, 0.2) is 11.6 Å². The summed E-state index contributed by atoms with van der Waals surface area (Å²) in [6.45, 7) is 12.3. The van der Waals surface area contributed by atoms with E-state index in [1.807, 2.05) is 22.2 Å². The minimum atomic E-state index is -0.222. The highest BCUT2D eigenvalue weighted by molar-refractivity contribution is 5.81. The summed E-state index contributed by atoms with van der Waals surface area (Å²) in [6.07, 6.45) is 3.95. The number of aliphatic hydroxyl groups is 2. The van der Waals surface area contributed by atoms with E-state index in [1.165, 1.54) is 11.1 Å². The Kier molecular flexibility index (Phi) is 5.61. The van der Waals surface area contributed by atoms with Crippen molar-refractivity contribution >= 4 is 17.1 Å². The van der Waals surface area contributed by atoms with E-state index >= 15 is 0 Å². The van der Waals surface area contributed by atoms with E-state index in [1.54, 1.807) is 12.1 Å². The molecule has 0 spiro atoms. The SMILES string of the molecule is Cc1cc(C)c(N2C=CN(c3c(C)cc(C)cc3C)C2=C(O)c2ccc(CO)o2)c(C)c1. The van der Waals surface area contributed by atoms with Crippen LogP contribution >= 0.6 is 0 Å². The highest BCUT2D eigenvalue weighted by Crippen LogP contribution is 2.41. The van der Waals surface area contributed by atoms with Gasteiger partial charge < -0.3 is 14.6 Å². The Morgan fingerprint density at radius 3 is 1.56 bits per heavy atom. The van der Waals surface area contributed by atoms with Crippen molar-refractivity contribution in [2.24, 2.45) is 0 Å². The molecule has 2 aromatic carbocycles. The second-order valence-electron chi connectivity index (χ2n) is 8.63. The number of hydrogen-bond acceptors (Lipinski definition) is 5. The van der Waals surface area contributed by atoms with Crippen LogP contribution in [-0.4, -0.2) is 10.2 Å². The van der Waals surface area contributed by atoms with Gasteiger partial charge in [0.05, 0.1) is 11.4 Å². The summed E-state index contributed by atoms with van der Waals surface area (Å²) in [5.41, 5.74) is 8.91. The summed E-state index contributed by atoms with van der Waals surface area (Å²) >= 11 is 0. The van der Waals surface area contributed by atoms with Crippen LogP contribution in [0.1, 0.15) is 44.9 Å². The van der Waals surface area contributed by atoms with E-state index in [2.05, 4.69) is 65.8 Å². The zero-order chi connectivity index (χ0) is 23.2. The van der Waals surface area contributed by atoms with Crippen LogP contribution in [0.3, 0.4) is 0 Å². The summed E-state index contributed by atoms with van der Waals surface area (Å²) in [7, 11) is 0. The van der Waals surface area contributed by atoms with Gasteiger partial charge in [-0.05, 0) is 75.9 Å². The van der Waals surface area contributed by atoms with E-state index in [0.29, 0.717) is 17.3 Å². The van der Waals surface area contributed by atoms with Gasteiger partial charge in [-0.25, -0.2) is 0 Å². The lowest BCUT2D eigenvalue weighted by Gasteiger charge is -2.30. The Morgan fingerprint density at radius 2 is 1.19 bits per heavy atom. The second-order valence-corrected chi connectivity index (χ2v) is 8.63. The first kappa shape index (κ1) is 21.8. The Balaban J connectivity index is 1.95. The fourth-order valence-corrected chi connectivity index (χ4v) is 4.78. The lowest BCUT2D eigenvalue weighted by Crippen LogP contribution is -2.26. The van der Waals surface area contributed by atoms with E-state index in [-0.39, 0.29) is 12.4 Å². The molecule has 4 rings (SSSR count). The van der Waals surface area contributed by atoms with Crippen LogP contribution in [0.25, 0.3) is 5.76 Å². The maximum absolute atomic E-state index is 11.4. The molecule has 5 heteroatoms. The van der Waals surface area contributed by atoms with Crippen molar-refractivity contribution in [3.8, 4) is 0 Å². The average Bonchev–Trinajstić information content (AvgIpc) is 3.34. The van der Waals surface area contributed by atoms with Gasteiger partial charge in [0.1, 0.15) is 12.4 Å². The van der Waals surface area contributed by atoms with Crippen LogP contribution in [0, 0.1) is 41.5 Å². The quantitative estimate of drug-likeness (QED) is 0.475. The third-order valence-electron chi connectivity index (χ3n) is 5.84. The number of rotatable bonds is 4. The van der Waals surface area contributed by atoms with Gasteiger partial charge in [-0.2, -0.15) is 0 Å². The Morgan fingerprint density at radius 1 is 0.750 bits per heavy atom. The molecule has 0 atom stereocenters. The summed E-state index contributed by atoms with van der Waals surface area (Å²) in [5.74, 6) is 1.32. The zero-order valence-electron chi connectivity index (χ0n) is 19.5. The molecule has 1 aliphatic rings. The van der Waals surface area contributed by atoms with Crippen molar-refractivity contribution in [1.29, 1.82) is 0 Å². The molecule has 0 unspecified atom stereocenters. The average molecular weight is 431 g/mol. The van der Waals surface area contributed by atoms with E-state index in [4.69, 9.17) is 4.42 Å². The van der Waals surface area contributed by atoms with Crippen LogP contribution in [0.2, 0.25) is 0 Å². The normalized spacial score (nSPS) is 13.4. The molecule has 32 heavy (non-hydrogen) atoms. The summed E-state index contributed by atoms with van der Waals surface area (Å²) in [5, 5.41) is 20.9. The van der Waals surface area contributed by atoms with Gasteiger partial charge >= 0.3 is 0 Å². The van der Waals surface area contributed by atoms with Crippen molar-refractivity contribution in [1.82, 2.24) is 0 Å². The molecule has 0 aliphatic carbocycles. The number of anilines is 2. The molecule has 166 valence electrons. The topological polar surface area (TPSA) is 60.1 Å². The lowest BCUT2D eigenvalue weighted by atomic mass is 10.0. The predicted molar refractivity (Wildman–Crippen MR) is 130 cm³/mol. The van der Waals surface area contributed by atoms with Crippen molar-refractivity contribution in [2.75, 3.05) is 9.80 Å². The number of hydrogen-bond donors (Lipinski definition) is 2. The first-order valence-corrected chi connectivity index (χ1v) is 10.8. The molecule has 0 radical (unpaired) electrons. The van der Waals surface area contributed by atoms with Crippen molar-refractivity contribution < 1.29 is 14.6 Å². The van der Waals surface area contributed by atoms with Crippen molar-refractivity contribution in [3.63, 3.8) is 0 Å². The summed E-state index contributed by atoms with van der Waals surface area (Å²) in [6, 6.07) is 11.9. The predicted octanol–water partition coefficient (Wildman–Crippen LogP) is 6.30. The molecular formula is C27H30N2O3. The highest BCUT2D eigenvalue weighted by Gasteiger charge is 2.31. The fourth-order valence-electron chi connectivity index (χ4n) is 4.78. The maximum atomic E-state index is 11.4. The molecule has 0 amide bonds. The smallest absolute Gasteiger partial charge is 0.201 e. The number of nitrogens with zero attached hydrogens (tertiary/aromatic N) is 2. The maximum Gasteiger partial charge on any atom is 0.201 e. The molecular weight excluding hydrogens is 400 g/mol. The zero-order valence-corrected chi connectivity index (χ0v) is 19.5. The third-order valence-corrected chi connectivity index (χ3v) is 5.84. The van der Waals surface area contributed by atoms with Crippen molar-refractivity contribution in [2.45, 2.75) is 48.1 Å². The summed E-state index contributed by atoms with van der Waals surface area (Å²) < 4.78 is 5.70. The fraction of sp³-hybridized carbons (Fsp3) is 0.259. The third kappa shape index (κ3) is 3.69. The van der Waals surface area contributed by atoms with Gasteiger partial charge in [-0.3, -0.25) is 9.80 Å². The monoisotopic (exact) mass is 430 g/mol. The molecule has 2 N–H and O–H groups in total. The number of aryl methyl sites for hydroxylation is 6. The molecule has 5 nitrogen and oxygen atoms in total. The van der Waals surface area contributed by atoms with Gasteiger partial charge in [-0.15, -0.1) is 0 Å². The van der Waals surface area contributed by atoms with E-state index < -0.39 is 0 Å². The number of aliphatic hydroxyl groups excluding tert-OH is 2. The van der Waals surface area contributed by atoms with Gasteiger partial charge in [0, 0.05) is 12.4 Å². The lowest BCUT2D eigenvalue weighted by molar-refractivity contribution is 0.244. The molecule has 0 saturated carbocycles. The van der Waals surface area contributed by atoms with Crippen LogP contribution < -0.4 is 9.80 Å². The molecule has 0 bridgehead atoms.